The zero-order chi connectivity index (χ0) is 12.3. The lowest BCUT2D eigenvalue weighted by Crippen LogP contribution is -2.56. The maximum absolute atomic E-state index is 11.4. The molecule has 0 aromatic rings. The van der Waals surface area contributed by atoms with Crippen LogP contribution in [0.15, 0.2) is 0 Å². The first-order chi connectivity index (χ1) is 8.16. The highest BCUT2D eigenvalue weighted by molar-refractivity contribution is 6.00. The van der Waals surface area contributed by atoms with Crippen molar-refractivity contribution >= 4 is 11.8 Å². The summed E-state index contributed by atoms with van der Waals surface area (Å²) >= 11 is 0. The van der Waals surface area contributed by atoms with E-state index < -0.39 is 0 Å². The topological polar surface area (TPSA) is 61.4 Å². The van der Waals surface area contributed by atoms with Gasteiger partial charge in [0.1, 0.15) is 0 Å². The van der Waals surface area contributed by atoms with Crippen LogP contribution in [0.2, 0.25) is 0 Å². The lowest BCUT2D eigenvalue weighted by atomic mass is 10.1. The number of rotatable bonds is 4. The Morgan fingerprint density at radius 1 is 1.41 bits per heavy atom. The summed E-state index contributed by atoms with van der Waals surface area (Å²) in [4.78, 5) is 24.7. The molecule has 2 N–H and O–H groups in total. The van der Waals surface area contributed by atoms with E-state index in [1.54, 1.807) is 0 Å². The van der Waals surface area contributed by atoms with E-state index >= 15 is 0 Å². The van der Waals surface area contributed by atoms with Gasteiger partial charge in [-0.2, -0.15) is 0 Å². The molecule has 0 aromatic heterocycles. The quantitative estimate of drug-likeness (QED) is 0.671. The summed E-state index contributed by atoms with van der Waals surface area (Å²) in [6.45, 7) is 4.17. The second-order valence-corrected chi connectivity index (χ2v) is 4.99. The van der Waals surface area contributed by atoms with Crippen LogP contribution in [0, 0.1) is 0 Å². The maximum atomic E-state index is 11.4. The fourth-order valence-corrected chi connectivity index (χ4v) is 2.59. The van der Waals surface area contributed by atoms with Crippen molar-refractivity contribution in [2.45, 2.75) is 44.7 Å². The van der Waals surface area contributed by atoms with Crippen LogP contribution >= 0.6 is 0 Å². The molecule has 0 saturated carbocycles. The zero-order valence-corrected chi connectivity index (χ0v) is 10.4. The first kappa shape index (κ1) is 12.5. The van der Waals surface area contributed by atoms with Crippen LogP contribution in [0.5, 0.6) is 0 Å². The van der Waals surface area contributed by atoms with Gasteiger partial charge in [-0.1, -0.05) is 0 Å². The van der Waals surface area contributed by atoms with E-state index in [2.05, 4.69) is 10.6 Å². The third-order valence-electron chi connectivity index (χ3n) is 3.70. The van der Waals surface area contributed by atoms with Crippen molar-refractivity contribution in [3.63, 3.8) is 0 Å². The highest BCUT2D eigenvalue weighted by atomic mass is 16.2. The molecule has 2 heterocycles. The number of amides is 2. The molecule has 2 rings (SSSR count). The van der Waals surface area contributed by atoms with Gasteiger partial charge in [0.2, 0.25) is 11.8 Å². The Kier molecular flexibility index (Phi) is 4.12. The average molecular weight is 239 g/mol. The number of hydrogen-bond acceptors (Lipinski definition) is 4. The van der Waals surface area contributed by atoms with E-state index in [9.17, 15) is 9.59 Å². The fraction of sp³-hybridized carbons (Fsp3) is 0.833. The van der Waals surface area contributed by atoms with Crippen molar-refractivity contribution in [2.24, 2.45) is 0 Å². The molecular weight excluding hydrogens is 218 g/mol. The average Bonchev–Trinajstić information content (AvgIpc) is 2.78. The van der Waals surface area contributed by atoms with Gasteiger partial charge in [-0.15, -0.1) is 0 Å². The van der Waals surface area contributed by atoms with E-state index in [1.807, 2.05) is 11.8 Å². The molecule has 0 bridgehead atoms. The summed E-state index contributed by atoms with van der Waals surface area (Å²) in [5.41, 5.74) is 0. The monoisotopic (exact) mass is 239 g/mol. The van der Waals surface area contributed by atoms with Crippen molar-refractivity contribution in [3.05, 3.63) is 0 Å². The van der Waals surface area contributed by atoms with Gasteiger partial charge in [0.25, 0.3) is 0 Å². The first-order valence-electron chi connectivity index (χ1n) is 6.48. The van der Waals surface area contributed by atoms with Crippen molar-refractivity contribution in [2.75, 3.05) is 19.6 Å². The van der Waals surface area contributed by atoms with Crippen LogP contribution in [0.1, 0.15) is 32.6 Å². The normalized spacial score (nSPS) is 30.6. The minimum atomic E-state index is -0.177. The van der Waals surface area contributed by atoms with Gasteiger partial charge in [-0.25, -0.2) is 0 Å². The molecule has 0 aromatic carbocycles. The lowest BCUT2D eigenvalue weighted by molar-refractivity contribution is -0.139. The van der Waals surface area contributed by atoms with Gasteiger partial charge in [0.05, 0.1) is 12.6 Å². The Morgan fingerprint density at radius 3 is 2.94 bits per heavy atom. The van der Waals surface area contributed by atoms with Crippen LogP contribution < -0.4 is 10.6 Å². The molecule has 2 amide bonds. The van der Waals surface area contributed by atoms with Crippen LogP contribution in [-0.4, -0.2) is 48.4 Å². The molecule has 96 valence electrons. The highest BCUT2D eigenvalue weighted by Crippen LogP contribution is 2.12. The van der Waals surface area contributed by atoms with Crippen LogP contribution in [-0.2, 0) is 9.59 Å². The minimum Gasteiger partial charge on any atom is -0.314 e. The van der Waals surface area contributed by atoms with Crippen molar-refractivity contribution < 1.29 is 9.59 Å². The number of hydrogen-bond donors (Lipinski definition) is 2. The van der Waals surface area contributed by atoms with Crippen molar-refractivity contribution in [1.29, 1.82) is 0 Å². The Balaban J connectivity index is 1.73. The van der Waals surface area contributed by atoms with Gasteiger partial charge in [-0.05, 0) is 45.7 Å². The van der Waals surface area contributed by atoms with E-state index in [0.717, 1.165) is 25.9 Å². The summed E-state index contributed by atoms with van der Waals surface area (Å²) in [6, 6.07) is 0.462. The van der Waals surface area contributed by atoms with Gasteiger partial charge in [-0.3, -0.25) is 19.8 Å². The predicted octanol–water partition coefficient (Wildman–Crippen LogP) is -0.134. The molecule has 2 atom stereocenters. The molecule has 0 spiro atoms. The van der Waals surface area contributed by atoms with Gasteiger partial charge < -0.3 is 5.32 Å². The van der Waals surface area contributed by atoms with Gasteiger partial charge in [0, 0.05) is 6.04 Å². The number of imide groups is 1. The highest BCUT2D eigenvalue weighted by Gasteiger charge is 2.29. The summed E-state index contributed by atoms with van der Waals surface area (Å²) in [6.07, 6.45) is 4.71. The second kappa shape index (κ2) is 5.60. The summed E-state index contributed by atoms with van der Waals surface area (Å²) in [5, 5.41) is 5.82. The fourth-order valence-electron chi connectivity index (χ4n) is 2.59. The van der Waals surface area contributed by atoms with Crippen LogP contribution in [0.25, 0.3) is 0 Å². The molecule has 2 aliphatic rings. The van der Waals surface area contributed by atoms with Crippen molar-refractivity contribution in [3.8, 4) is 0 Å². The van der Waals surface area contributed by atoms with Crippen LogP contribution in [0.3, 0.4) is 0 Å². The molecule has 0 aliphatic carbocycles. The summed E-state index contributed by atoms with van der Waals surface area (Å²) in [7, 11) is 0. The number of piperazine rings is 1. The SMILES string of the molecule is CC1C(=O)NC(=O)CN1CCCC1CCCN1. The first-order valence-corrected chi connectivity index (χ1v) is 6.48. The van der Waals surface area contributed by atoms with E-state index in [0.29, 0.717) is 12.6 Å². The Bertz CT molecular complexity index is 300. The van der Waals surface area contributed by atoms with Crippen LogP contribution in [0.4, 0.5) is 0 Å². The molecule has 5 nitrogen and oxygen atoms in total. The maximum Gasteiger partial charge on any atom is 0.243 e. The number of carbonyl (C=O) groups excluding carboxylic acids is 2. The third-order valence-corrected chi connectivity index (χ3v) is 3.70. The second-order valence-electron chi connectivity index (χ2n) is 4.99. The number of nitrogens with zero attached hydrogens (tertiary/aromatic N) is 1. The van der Waals surface area contributed by atoms with E-state index in [1.165, 1.54) is 12.8 Å². The molecule has 0 radical (unpaired) electrons. The number of carbonyl (C=O) groups is 2. The molecule has 17 heavy (non-hydrogen) atoms. The molecule has 2 fully saturated rings. The molecular formula is C12H21N3O2. The lowest BCUT2D eigenvalue weighted by Gasteiger charge is -2.31. The Labute approximate surface area is 102 Å². The molecule has 2 unspecified atom stereocenters. The smallest absolute Gasteiger partial charge is 0.243 e. The summed E-state index contributed by atoms with van der Waals surface area (Å²) < 4.78 is 0. The Morgan fingerprint density at radius 2 is 2.24 bits per heavy atom. The Hall–Kier alpha value is -0.940. The molecule has 2 aliphatic heterocycles. The molecule has 2 saturated heterocycles. The zero-order valence-electron chi connectivity index (χ0n) is 10.4. The largest absolute Gasteiger partial charge is 0.314 e. The summed E-state index contributed by atoms with van der Waals surface area (Å²) in [5.74, 6) is -0.340. The van der Waals surface area contributed by atoms with Crippen molar-refractivity contribution in [1.82, 2.24) is 15.5 Å². The van der Waals surface area contributed by atoms with Gasteiger partial charge in [0.15, 0.2) is 0 Å². The van der Waals surface area contributed by atoms with E-state index in [4.69, 9.17) is 0 Å². The number of nitrogens with one attached hydrogen (secondary N) is 2. The predicted molar refractivity (Wildman–Crippen MR) is 64.4 cm³/mol. The van der Waals surface area contributed by atoms with E-state index in [-0.39, 0.29) is 17.9 Å². The van der Waals surface area contributed by atoms with Gasteiger partial charge >= 0.3 is 0 Å². The molecule has 5 heteroatoms. The standard InChI is InChI=1S/C12H21N3O2/c1-9-12(17)14-11(16)8-15(9)7-3-5-10-4-2-6-13-10/h9-10,13H,2-8H2,1H3,(H,14,16,17). The third kappa shape index (κ3) is 3.26. The minimum absolute atomic E-state index is 0.166.